The number of carbonyl (C=O) groups is 3. The molecule has 1 aromatic rings. The van der Waals surface area contributed by atoms with Crippen LogP contribution in [0.1, 0.15) is 45.6 Å². The smallest absolute Gasteiger partial charge is 0.366 e. The minimum Gasteiger partial charge on any atom is -0.475 e. The van der Waals surface area contributed by atoms with E-state index in [1.807, 2.05) is 36.6 Å². The van der Waals surface area contributed by atoms with E-state index in [1.165, 1.54) is 44.9 Å². The largest absolute Gasteiger partial charge is 0.475 e. The molecule has 1 unspecified atom stereocenters. The maximum atomic E-state index is 15.8. The summed E-state index contributed by atoms with van der Waals surface area (Å²) in [5, 5.41) is 0. The Labute approximate surface area is 379 Å². The SMILES string of the molecule is C=C=C([C@H]1C(=O)[C@@H]2OCC3[C@H]2[C@]2(CO[C@](OCc4ccccc4)(C(=O)OC)[C@@H]12)[C@@H](O[Si](CC)(CC)CC)C[C@]3(OC(=S)SC)C(=O)OC)[C@@H]1C[C@@H](OC(=S)SC)C[C@@H](OC)O1. The van der Waals surface area contributed by atoms with Crippen LogP contribution < -0.4 is 0 Å². The van der Waals surface area contributed by atoms with Gasteiger partial charge in [-0.15, -0.1) is 5.73 Å². The highest BCUT2D eigenvalue weighted by Crippen LogP contribution is 2.70. The summed E-state index contributed by atoms with van der Waals surface area (Å²) in [5.74, 6) is -8.04. The molecule has 5 fully saturated rings. The molecule has 0 amide bonds. The second-order valence-electron chi connectivity index (χ2n) is 16.2. The molecule has 0 aromatic heterocycles. The Balaban J connectivity index is 1.64. The van der Waals surface area contributed by atoms with Crippen molar-refractivity contribution in [2.75, 3.05) is 47.1 Å². The van der Waals surface area contributed by atoms with Gasteiger partial charge in [0, 0.05) is 55.1 Å². The van der Waals surface area contributed by atoms with Crippen molar-refractivity contribution in [1.29, 1.82) is 0 Å². The molecular weight excluding hydrogens is 881 g/mol. The van der Waals surface area contributed by atoms with E-state index < -0.39 is 97.2 Å². The minimum absolute atomic E-state index is 0.0378. The lowest BCUT2D eigenvalue weighted by molar-refractivity contribution is -0.260. The molecule has 1 spiro atoms. The van der Waals surface area contributed by atoms with Crippen molar-refractivity contribution in [3.05, 3.63) is 53.8 Å². The molecule has 2 saturated carbocycles. The number of ether oxygens (including phenoxy) is 9. The zero-order chi connectivity index (χ0) is 44.3. The van der Waals surface area contributed by atoms with Gasteiger partial charge in [-0.3, -0.25) is 4.79 Å². The molecule has 2 aliphatic carbocycles. The van der Waals surface area contributed by atoms with Gasteiger partial charge in [0.05, 0.1) is 52.2 Å². The van der Waals surface area contributed by atoms with E-state index in [1.54, 1.807) is 6.26 Å². The molecule has 3 heterocycles. The van der Waals surface area contributed by atoms with Gasteiger partial charge in [-0.2, -0.15) is 0 Å². The van der Waals surface area contributed by atoms with Crippen LogP contribution in [0.2, 0.25) is 18.1 Å². The van der Waals surface area contributed by atoms with Gasteiger partial charge in [0.25, 0.3) is 5.79 Å². The number of thiocarbonyl (C=S) groups is 2. The predicted molar refractivity (Wildman–Crippen MR) is 240 cm³/mol. The van der Waals surface area contributed by atoms with Crippen molar-refractivity contribution in [2.45, 2.75) is 107 Å². The van der Waals surface area contributed by atoms with E-state index in [2.05, 4.69) is 33.1 Å². The number of carbonyl (C=O) groups excluding carboxylic acids is 3. The van der Waals surface area contributed by atoms with Crippen molar-refractivity contribution in [3.8, 4) is 0 Å². The van der Waals surface area contributed by atoms with Crippen LogP contribution in [0.4, 0.5) is 0 Å². The Kier molecular flexibility index (Phi) is 15.8. The Morgan fingerprint density at radius 3 is 2.25 bits per heavy atom. The average molecular weight is 939 g/mol. The molecule has 3 aliphatic heterocycles. The Morgan fingerprint density at radius 2 is 1.66 bits per heavy atom. The van der Waals surface area contributed by atoms with Crippen LogP contribution in [0.15, 0.2) is 48.2 Å². The van der Waals surface area contributed by atoms with Gasteiger partial charge in [0.1, 0.15) is 12.2 Å². The fraction of sp³-hybridized carbons (Fsp3) is 0.674. The summed E-state index contributed by atoms with van der Waals surface area (Å²) in [6.45, 7) is 10.2. The number of Topliss-reactive ketones (excluding diaryl/α,β-unsaturated/α-hetero) is 1. The van der Waals surface area contributed by atoms with E-state index in [0.717, 1.165) is 23.7 Å². The third-order valence-corrected chi connectivity index (χ3v) is 20.5. The maximum absolute atomic E-state index is 15.8. The van der Waals surface area contributed by atoms with E-state index in [0.29, 0.717) is 16.4 Å². The number of hydrogen-bond donors (Lipinski definition) is 0. The molecule has 13 nitrogen and oxygen atoms in total. The lowest BCUT2D eigenvalue weighted by atomic mass is 9.44. The molecule has 1 aromatic carbocycles. The van der Waals surface area contributed by atoms with Crippen molar-refractivity contribution in [3.63, 3.8) is 0 Å². The van der Waals surface area contributed by atoms with Crippen molar-refractivity contribution >= 4 is 82.8 Å². The number of hydrogen-bond acceptors (Lipinski definition) is 17. The van der Waals surface area contributed by atoms with Crippen LogP contribution in [0.5, 0.6) is 0 Å². The zero-order valence-corrected chi connectivity index (χ0v) is 40.4. The van der Waals surface area contributed by atoms with Gasteiger partial charge >= 0.3 is 11.9 Å². The van der Waals surface area contributed by atoms with Crippen molar-refractivity contribution in [2.24, 2.45) is 29.1 Å². The van der Waals surface area contributed by atoms with Crippen LogP contribution in [0, 0.1) is 29.1 Å². The lowest BCUT2D eigenvalue weighted by Crippen LogP contribution is -2.74. The molecular formula is C43H58O13S4Si. The van der Waals surface area contributed by atoms with E-state index in [9.17, 15) is 9.59 Å². The lowest BCUT2D eigenvalue weighted by Gasteiger charge is -2.61. The molecule has 336 valence electrons. The predicted octanol–water partition coefficient (Wildman–Crippen LogP) is 6.80. The molecule has 3 saturated heterocycles. The second kappa shape index (κ2) is 19.9. The van der Waals surface area contributed by atoms with Crippen molar-refractivity contribution < 1.29 is 61.4 Å². The highest BCUT2D eigenvalue weighted by Gasteiger charge is 2.83. The van der Waals surface area contributed by atoms with E-state index >= 15 is 4.79 Å². The Hall–Kier alpha value is -2.19. The molecule has 12 atom stereocenters. The standard InChI is InChI=1S/C43H58O13S4Si/c1-10-27(29-19-26(53-39(57)59-8)20-31(47-5)54-29)32-34(44)35-33-28(23-50-35)42(37(45)48-6,55-40(58)60-9)21-30(56-61(11-2,12-3)13-4)41(33)24-52-43(36(32)41,38(46)49-7)51-22-25-17-15-14-16-18-25/h14-18,26,28-33,35-36H,1,11-13,19-24H2,2-9H3/t26-,28?,29+,30+,31+,32+,33-,35-,36+,41+,42-,43+/m1/s1. The molecule has 61 heavy (non-hydrogen) atoms. The third-order valence-electron chi connectivity index (χ3n) is 13.8. The summed E-state index contributed by atoms with van der Waals surface area (Å²) in [7, 11) is 1.48. The number of rotatable bonds is 15. The number of ketones is 1. The normalized spacial score (nSPS) is 35.3. The number of methoxy groups -OCH3 is 3. The summed E-state index contributed by atoms with van der Waals surface area (Å²) < 4.78 is 64.7. The highest BCUT2D eigenvalue weighted by atomic mass is 32.2. The first kappa shape index (κ1) is 48.3. The molecule has 5 aliphatic rings. The first-order chi connectivity index (χ1) is 29.3. The first-order valence-electron chi connectivity index (χ1n) is 20.7. The third kappa shape index (κ3) is 8.47. The van der Waals surface area contributed by atoms with Gasteiger partial charge < -0.3 is 47.1 Å². The Bertz CT molecular complexity index is 1850. The fourth-order valence-corrected chi connectivity index (χ4v) is 14.4. The molecule has 0 bridgehead atoms. The van der Waals surface area contributed by atoms with Crippen molar-refractivity contribution in [1.82, 2.24) is 0 Å². The number of benzene rings is 1. The van der Waals surface area contributed by atoms with Gasteiger partial charge in [0.2, 0.25) is 14.4 Å². The monoisotopic (exact) mass is 938 g/mol. The summed E-state index contributed by atoms with van der Waals surface area (Å²) in [6, 6.07) is 11.6. The number of thioether (sulfide) groups is 2. The van der Waals surface area contributed by atoms with Gasteiger partial charge in [-0.25, -0.2) is 9.59 Å². The van der Waals surface area contributed by atoms with Crippen LogP contribution >= 0.6 is 48.0 Å². The van der Waals surface area contributed by atoms with Crippen LogP contribution in [-0.2, 0) is 68.0 Å². The summed E-state index contributed by atoms with van der Waals surface area (Å²) in [5.41, 5.74) is 1.25. The van der Waals surface area contributed by atoms with E-state index in [4.69, 9.17) is 71.5 Å². The summed E-state index contributed by atoms with van der Waals surface area (Å²) in [4.78, 5) is 45.1. The number of esters is 2. The average Bonchev–Trinajstić information content (AvgIpc) is 3.90. The molecule has 0 radical (unpaired) electrons. The zero-order valence-electron chi connectivity index (χ0n) is 36.1. The minimum atomic E-state index is -2.62. The summed E-state index contributed by atoms with van der Waals surface area (Å²) >= 11 is 13.6. The van der Waals surface area contributed by atoms with Crippen LogP contribution in [-0.4, -0.2) is 124 Å². The van der Waals surface area contributed by atoms with E-state index in [-0.39, 0.29) is 37.0 Å². The van der Waals surface area contributed by atoms with Crippen LogP contribution in [0.3, 0.4) is 0 Å². The fourth-order valence-electron chi connectivity index (χ4n) is 10.8. The Morgan fingerprint density at radius 1 is 0.984 bits per heavy atom. The molecule has 18 heteroatoms. The maximum Gasteiger partial charge on any atom is 0.366 e. The first-order valence-corrected chi connectivity index (χ1v) is 26.5. The van der Waals surface area contributed by atoms with Gasteiger partial charge in [-0.05, 0) is 60.6 Å². The highest BCUT2D eigenvalue weighted by molar-refractivity contribution is 8.22. The molecule has 6 rings (SSSR count). The van der Waals surface area contributed by atoms with Gasteiger partial charge in [0.15, 0.2) is 20.4 Å². The van der Waals surface area contributed by atoms with Gasteiger partial charge in [-0.1, -0.05) is 81.2 Å². The molecule has 0 N–H and O–H groups in total. The summed E-state index contributed by atoms with van der Waals surface area (Å²) in [6.07, 6.45) is 0.167. The second-order valence-corrected chi connectivity index (χ2v) is 23.7. The quantitative estimate of drug-likeness (QED) is 0.0786. The van der Waals surface area contributed by atoms with Crippen LogP contribution in [0.25, 0.3) is 0 Å². The topological polar surface area (TPSA) is 144 Å².